The summed E-state index contributed by atoms with van der Waals surface area (Å²) in [4.78, 5) is 38.5. The number of amides is 2. The predicted molar refractivity (Wildman–Crippen MR) is 146 cm³/mol. The van der Waals surface area contributed by atoms with Crippen molar-refractivity contribution in [2.24, 2.45) is 0 Å². The fraction of sp³-hybridized carbons (Fsp3) is 0.417. The highest BCUT2D eigenvalue weighted by Gasteiger charge is 2.32. The van der Waals surface area contributed by atoms with Gasteiger partial charge in [-0.3, -0.25) is 24.0 Å². The fourth-order valence-corrected chi connectivity index (χ4v) is 4.78. The standard InChI is InChI=1S/C24H30Cl2N4O7S/c1-6-15(2)27-24(32)16(3)28(13-17-7-8-18(25)11-20(17)26)23(31)14-29(38(5,35)36)21-12-19(30(33)34)9-10-22(21)37-4/h7-12,15-16H,6,13-14H2,1-5H3,(H,27,32)/t15-,16+/m0/s1. The zero-order valence-electron chi connectivity index (χ0n) is 21.6. The molecule has 2 aromatic carbocycles. The second kappa shape index (κ2) is 13.1. The number of nitrogens with one attached hydrogen (secondary N) is 1. The molecular formula is C24H30Cl2N4O7S. The Morgan fingerprint density at radius 2 is 1.82 bits per heavy atom. The van der Waals surface area contributed by atoms with Crippen LogP contribution in [0.1, 0.15) is 32.8 Å². The second-order valence-electron chi connectivity index (χ2n) is 8.63. The van der Waals surface area contributed by atoms with E-state index in [1.54, 1.807) is 12.1 Å². The minimum atomic E-state index is -4.14. The first kappa shape index (κ1) is 31.1. The Balaban J connectivity index is 2.55. The number of benzene rings is 2. The van der Waals surface area contributed by atoms with E-state index in [0.717, 1.165) is 18.4 Å². The van der Waals surface area contributed by atoms with Crippen molar-refractivity contribution >= 4 is 56.4 Å². The monoisotopic (exact) mass is 588 g/mol. The van der Waals surface area contributed by atoms with E-state index in [0.29, 0.717) is 21.3 Å². The van der Waals surface area contributed by atoms with Gasteiger partial charge in [0.25, 0.3) is 5.69 Å². The van der Waals surface area contributed by atoms with Gasteiger partial charge >= 0.3 is 0 Å². The van der Waals surface area contributed by atoms with Gasteiger partial charge in [-0.2, -0.15) is 0 Å². The number of methoxy groups -OCH3 is 1. The average molecular weight is 589 g/mol. The zero-order valence-corrected chi connectivity index (χ0v) is 23.9. The summed E-state index contributed by atoms with van der Waals surface area (Å²) < 4.78 is 31.5. The minimum Gasteiger partial charge on any atom is -0.495 e. The molecule has 2 rings (SSSR count). The Bertz CT molecular complexity index is 1310. The van der Waals surface area contributed by atoms with Crippen LogP contribution in [0.5, 0.6) is 5.75 Å². The van der Waals surface area contributed by atoms with Crippen LogP contribution in [0, 0.1) is 10.1 Å². The van der Waals surface area contributed by atoms with Crippen LogP contribution in [-0.2, 0) is 26.2 Å². The zero-order chi connectivity index (χ0) is 28.8. The van der Waals surface area contributed by atoms with E-state index in [2.05, 4.69) is 5.32 Å². The summed E-state index contributed by atoms with van der Waals surface area (Å²) in [5.41, 5.74) is -0.113. The van der Waals surface area contributed by atoms with Gasteiger partial charge in [0.15, 0.2) is 0 Å². The van der Waals surface area contributed by atoms with Gasteiger partial charge in [-0.05, 0) is 44.0 Å². The quantitative estimate of drug-likeness (QED) is 0.292. The number of rotatable bonds is 12. The predicted octanol–water partition coefficient (Wildman–Crippen LogP) is 4.01. The molecule has 0 radical (unpaired) electrons. The van der Waals surface area contributed by atoms with Gasteiger partial charge in [0, 0.05) is 34.8 Å². The van der Waals surface area contributed by atoms with Crippen LogP contribution >= 0.6 is 23.2 Å². The molecular weight excluding hydrogens is 559 g/mol. The fourth-order valence-electron chi connectivity index (χ4n) is 3.46. The number of hydrogen-bond acceptors (Lipinski definition) is 7. The highest BCUT2D eigenvalue weighted by molar-refractivity contribution is 7.92. The number of nitro benzene ring substituents is 1. The third-order valence-corrected chi connectivity index (χ3v) is 7.56. The maximum absolute atomic E-state index is 13.7. The van der Waals surface area contributed by atoms with Gasteiger partial charge < -0.3 is 15.0 Å². The Morgan fingerprint density at radius 1 is 1.16 bits per heavy atom. The average Bonchev–Trinajstić information content (AvgIpc) is 2.84. The molecule has 11 nitrogen and oxygen atoms in total. The normalized spacial score (nSPS) is 12.8. The first-order chi connectivity index (χ1) is 17.7. The molecule has 0 fully saturated rings. The lowest BCUT2D eigenvalue weighted by atomic mass is 10.1. The maximum atomic E-state index is 13.7. The molecule has 0 spiro atoms. The Labute approximate surface area is 231 Å². The number of ether oxygens (including phenoxy) is 1. The van der Waals surface area contributed by atoms with Crippen LogP contribution < -0.4 is 14.4 Å². The van der Waals surface area contributed by atoms with Crippen LogP contribution in [0.2, 0.25) is 10.0 Å². The van der Waals surface area contributed by atoms with Crippen molar-refractivity contribution in [3.63, 3.8) is 0 Å². The SMILES string of the molecule is CC[C@H](C)NC(=O)[C@@H](C)N(Cc1ccc(Cl)cc1Cl)C(=O)CN(c1cc([N+](=O)[O-])ccc1OC)S(C)(=O)=O. The summed E-state index contributed by atoms with van der Waals surface area (Å²) in [6.45, 7) is 4.32. The van der Waals surface area contributed by atoms with E-state index >= 15 is 0 Å². The number of nitro groups is 1. The number of carbonyl (C=O) groups excluding carboxylic acids is 2. The molecule has 0 aliphatic heterocycles. The van der Waals surface area contributed by atoms with Gasteiger partial charge in [0.2, 0.25) is 21.8 Å². The van der Waals surface area contributed by atoms with Crippen molar-refractivity contribution in [2.45, 2.75) is 45.8 Å². The molecule has 2 atom stereocenters. The largest absolute Gasteiger partial charge is 0.495 e. The Morgan fingerprint density at radius 3 is 2.34 bits per heavy atom. The third-order valence-electron chi connectivity index (χ3n) is 5.85. The van der Waals surface area contributed by atoms with Crippen molar-refractivity contribution in [2.75, 3.05) is 24.2 Å². The lowest BCUT2D eigenvalue weighted by Crippen LogP contribution is -2.52. The maximum Gasteiger partial charge on any atom is 0.271 e. The lowest BCUT2D eigenvalue weighted by molar-refractivity contribution is -0.384. The Hall–Kier alpha value is -3.09. The highest BCUT2D eigenvalue weighted by atomic mass is 35.5. The van der Waals surface area contributed by atoms with Crippen LogP contribution in [0.4, 0.5) is 11.4 Å². The van der Waals surface area contributed by atoms with Crippen molar-refractivity contribution in [3.8, 4) is 5.75 Å². The molecule has 0 saturated carbocycles. The molecule has 208 valence electrons. The third kappa shape index (κ3) is 7.95. The van der Waals surface area contributed by atoms with E-state index in [-0.39, 0.29) is 29.0 Å². The summed E-state index contributed by atoms with van der Waals surface area (Å²) in [5.74, 6) is -1.19. The van der Waals surface area contributed by atoms with Crippen LogP contribution in [0.25, 0.3) is 0 Å². The first-order valence-corrected chi connectivity index (χ1v) is 14.1. The molecule has 0 aliphatic rings. The van der Waals surface area contributed by atoms with Gasteiger partial charge in [-0.1, -0.05) is 36.2 Å². The van der Waals surface area contributed by atoms with Gasteiger partial charge in [-0.25, -0.2) is 8.42 Å². The summed E-state index contributed by atoms with van der Waals surface area (Å²) >= 11 is 12.3. The van der Waals surface area contributed by atoms with E-state index in [1.165, 1.54) is 31.1 Å². The van der Waals surface area contributed by atoms with E-state index in [4.69, 9.17) is 27.9 Å². The van der Waals surface area contributed by atoms with E-state index in [9.17, 15) is 28.1 Å². The van der Waals surface area contributed by atoms with E-state index < -0.39 is 45.0 Å². The van der Waals surface area contributed by atoms with Gasteiger partial charge in [0.05, 0.1) is 18.3 Å². The molecule has 0 bridgehead atoms. The summed E-state index contributed by atoms with van der Waals surface area (Å²) in [7, 11) is -2.87. The molecule has 14 heteroatoms. The topological polar surface area (TPSA) is 139 Å². The van der Waals surface area contributed by atoms with Crippen molar-refractivity contribution in [3.05, 3.63) is 62.1 Å². The number of anilines is 1. The number of non-ortho nitro benzene ring substituents is 1. The van der Waals surface area contributed by atoms with E-state index in [1.807, 2.05) is 13.8 Å². The number of nitrogens with zero attached hydrogens (tertiary/aromatic N) is 3. The number of hydrogen-bond donors (Lipinski definition) is 1. The lowest BCUT2D eigenvalue weighted by Gasteiger charge is -2.32. The van der Waals surface area contributed by atoms with Crippen molar-refractivity contribution in [1.82, 2.24) is 10.2 Å². The molecule has 0 aliphatic carbocycles. The minimum absolute atomic E-state index is 0.00341. The smallest absolute Gasteiger partial charge is 0.271 e. The second-order valence-corrected chi connectivity index (χ2v) is 11.4. The molecule has 38 heavy (non-hydrogen) atoms. The number of carbonyl (C=O) groups is 2. The number of sulfonamides is 1. The molecule has 1 N–H and O–H groups in total. The molecule has 0 saturated heterocycles. The molecule has 0 heterocycles. The molecule has 0 aromatic heterocycles. The molecule has 0 unspecified atom stereocenters. The summed E-state index contributed by atoms with van der Waals surface area (Å²) in [5, 5.41) is 14.8. The molecule has 2 amide bonds. The van der Waals surface area contributed by atoms with Crippen molar-refractivity contribution in [1.29, 1.82) is 0 Å². The van der Waals surface area contributed by atoms with Gasteiger partial charge in [0.1, 0.15) is 24.0 Å². The highest BCUT2D eigenvalue weighted by Crippen LogP contribution is 2.34. The summed E-state index contributed by atoms with van der Waals surface area (Å²) in [6, 6.07) is 6.88. The van der Waals surface area contributed by atoms with Crippen molar-refractivity contribution < 1.29 is 27.7 Å². The molecule has 2 aromatic rings. The van der Waals surface area contributed by atoms with Crippen LogP contribution in [-0.4, -0.2) is 62.0 Å². The first-order valence-electron chi connectivity index (χ1n) is 11.5. The number of halogens is 2. The van der Waals surface area contributed by atoms with Crippen LogP contribution in [0.15, 0.2) is 36.4 Å². The summed E-state index contributed by atoms with van der Waals surface area (Å²) in [6.07, 6.45) is 1.52. The van der Waals surface area contributed by atoms with Gasteiger partial charge in [-0.15, -0.1) is 0 Å². The van der Waals surface area contributed by atoms with Crippen LogP contribution in [0.3, 0.4) is 0 Å². The Kier molecular flexibility index (Phi) is 10.7.